The van der Waals surface area contributed by atoms with E-state index in [-0.39, 0.29) is 12.1 Å². The molecule has 1 heterocycles. The molecule has 0 saturated heterocycles. The summed E-state index contributed by atoms with van der Waals surface area (Å²) >= 11 is 0. The number of carbonyl (C=O) groups is 1. The second kappa shape index (κ2) is 6.19. The first kappa shape index (κ1) is 13.4. The maximum absolute atomic E-state index is 11.4. The van der Waals surface area contributed by atoms with Crippen LogP contribution in [0.15, 0.2) is 30.6 Å². The maximum atomic E-state index is 11.4. The number of carbonyl (C=O) groups excluding carboxylic acids is 1. The number of nitrogens with one attached hydrogen (secondary N) is 2. The minimum atomic E-state index is -0.216. The number of aromatic nitrogens is 2. The molecule has 1 unspecified atom stereocenters. The highest BCUT2D eigenvalue weighted by Gasteiger charge is 2.13. The van der Waals surface area contributed by atoms with Crippen LogP contribution in [0.25, 0.3) is 11.0 Å². The van der Waals surface area contributed by atoms with E-state index in [1.165, 1.54) is 0 Å². The minimum absolute atomic E-state index is 0.109. The van der Waals surface area contributed by atoms with Crippen LogP contribution in [0.1, 0.15) is 0 Å². The summed E-state index contributed by atoms with van der Waals surface area (Å²) in [6, 6.07) is 7.57. The van der Waals surface area contributed by atoms with Crippen LogP contribution in [0.4, 0.5) is 4.79 Å². The zero-order valence-electron chi connectivity index (χ0n) is 11.1. The number of ether oxygens (including phenoxy) is 1. The van der Waals surface area contributed by atoms with Gasteiger partial charge < -0.3 is 19.9 Å². The molecule has 0 bridgehead atoms. The largest absolute Gasteiger partial charge is 0.382 e. The van der Waals surface area contributed by atoms with Gasteiger partial charge in [-0.05, 0) is 12.1 Å². The van der Waals surface area contributed by atoms with Crippen LogP contribution in [-0.4, -0.2) is 42.4 Å². The number of imidazole rings is 1. The minimum Gasteiger partial charge on any atom is -0.382 e. The molecule has 1 aromatic carbocycles. The van der Waals surface area contributed by atoms with Crippen molar-refractivity contribution < 1.29 is 9.53 Å². The molecule has 0 spiro atoms. The van der Waals surface area contributed by atoms with Crippen LogP contribution in [0.5, 0.6) is 0 Å². The molecule has 2 amide bonds. The lowest BCUT2D eigenvalue weighted by Gasteiger charge is -2.18. The first-order valence-electron chi connectivity index (χ1n) is 6.11. The lowest BCUT2D eigenvalue weighted by molar-refractivity contribution is 0.159. The zero-order chi connectivity index (χ0) is 13.7. The summed E-state index contributed by atoms with van der Waals surface area (Å²) in [4.78, 5) is 15.7. The van der Waals surface area contributed by atoms with Crippen LogP contribution in [0, 0.1) is 0 Å². The Labute approximate surface area is 111 Å². The summed E-state index contributed by atoms with van der Waals surface area (Å²) in [5, 5.41) is 5.39. The van der Waals surface area contributed by atoms with Crippen molar-refractivity contribution in [3.05, 3.63) is 30.6 Å². The fourth-order valence-corrected chi connectivity index (χ4v) is 1.99. The molecule has 1 aromatic heterocycles. The number of hydrogen-bond donors (Lipinski definition) is 2. The Hall–Kier alpha value is -2.08. The van der Waals surface area contributed by atoms with E-state index in [2.05, 4.69) is 15.6 Å². The van der Waals surface area contributed by atoms with Gasteiger partial charge in [-0.25, -0.2) is 9.78 Å². The Morgan fingerprint density at radius 3 is 3.00 bits per heavy atom. The van der Waals surface area contributed by atoms with E-state index >= 15 is 0 Å². The molecule has 2 aromatic rings. The number of fused-ring (bicyclic) bond motifs is 1. The summed E-state index contributed by atoms with van der Waals surface area (Å²) < 4.78 is 7.14. The number of urea groups is 1. The van der Waals surface area contributed by atoms with Gasteiger partial charge in [-0.15, -0.1) is 0 Å². The molecule has 0 saturated carbocycles. The molecule has 0 aliphatic heterocycles. The van der Waals surface area contributed by atoms with Crippen molar-refractivity contribution in [3.63, 3.8) is 0 Å². The molecule has 0 radical (unpaired) electrons. The van der Waals surface area contributed by atoms with Crippen molar-refractivity contribution in [2.45, 2.75) is 12.6 Å². The van der Waals surface area contributed by atoms with E-state index in [0.717, 1.165) is 11.0 Å². The van der Waals surface area contributed by atoms with E-state index in [0.29, 0.717) is 13.2 Å². The molecular formula is C13H18N4O2. The van der Waals surface area contributed by atoms with Crippen molar-refractivity contribution >= 4 is 17.1 Å². The summed E-state index contributed by atoms with van der Waals surface area (Å²) in [6.07, 6.45) is 1.78. The highest BCUT2D eigenvalue weighted by atomic mass is 16.5. The number of hydrogen-bond acceptors (Lipinski definition) is 3. The predicted octanol–water partition coefficient (Wildman–Crippen LogP) is 0.980. The molecule has 102 valence electrons. The Morgan fingerprint density at radius 1 is 1.47 bits per heavy atom. The molecule has 2 rings (SSSR count). The lowest BCUT2D eigenvalue weighted by Crippen LogP contribution is -2.44. The normalized spacial score (nSPS) is 12.3. The van der Waals surface area contributed by atoms with Gasteiger partial charge in [0.15, 0.2) is 0 Å². The summed E-state index contributed by atoms with van der Waals surface area (Å²) in [7, 11) is 3.20. The van der Waals surface area contributed by atoms with Crippen molar-refractivity contribution in [2.75, 3.05) is 20.8 Å². The van der Waals surface area contributed by atoms with Crippen LogP contribution < -0.4 is 10.6 Å². The van der Waals surface area contributed by atoms with E-state index in [4.69, 9.17) is 4.74 Å². The molecular weight excluding hydrogens is 244 g/mol. The van der Waals surface area contributed by atoms with Gasteiger partial charge in [0.1, 0.15) is 0 Å². The van der Waals surface area contributed by atoms with E-state index in [1.807, 2.05) is 28.8 Å². The average molecular weight is 262 g/mol. The van der Waals surface area contributed by atoms with Crippen molar-refractivity contribution in [2.24, 2.45) is 0 Å². The van der Waals surface area contributed by atoms with Crippen molar-refractivity contribution in [1.82, 2.24) is 20.2 Å². The Kier molecular flexibility index (Phi) is 4.35. The van der Waals surface area contributed by atoms with Crippen LogP contribution in [0.2, 0.25) is 0 Å². The topological polar surface area (TPSA) is 68.2 Å². The first-order chi connectivity index (χ1) is 9.24. The van der Waals surface area contributed by atoms with Crippen molar-refractivity contribution in [3.8, 4) is 0 Å². The van der Waals surface area contributed by atoms with Gasteiger partial charge in [-0.1, -0.05) is 12.1 Å². The Morgan fingerprint density at radius 2 is 2.26 bits per heavy atom. The van der Waals surface area contributed by atoms with Gasteiger partial charge >= 0.3 is 6.03 Å². The van der Waals surface area contributed by atoms with Crippen LogP contribution in [-0.2, 0) is 11.3 Å². The third kappa shape index (κ3) is 3.23. The highest BCUT2D eigenvalue weighted by molar-refractivity contribution is 5.75. The fourth-order valence-electron chi connectivity index (χ4n) is 1.99. The molecule has 6 nitrogen and oxygen atoms in total. The molecule has 6 heteroatoms. The fraction of sp³-hybridized carbons (Fsp3) is 0.385. The molecule has 0 aliphatic rings. The average Bonchev–Trinajstić information content (AvgIpc) is 2.82. The highest BCUT2D eigenvalue weighted by Crippen LogP contribution is 2.12. The van der Waals surface area contributed by atoms with Gasteiger partial charge in [-0.3, -0.25) is 0 Å². The standard InChI is InChI=1S/C13H18N4O2/c1-14-13(18)16-10(8-19-2)7-17-9-15-11-5-3-4-6-12(11)17/h3-6,9-10H,7-8H2,1-2H3,(H2,14,16,18). The van der Waals surface area contributed by atoms with Crippen LogP contribution in [0.3, 0.4) is 0 Å². The second-order valence-electron chi connectivity index (χ2n) is 4.26. The third-order valence-electron chi connectivity index (χ3n) is 2.87. The van der Waals surface area contributed by atoms with Gasteiger partial charge in [0.25, 0.3) is 0 Å². The molecule has 0 aliphatic carbocycles. The Balaban J connectivity index is 2.14. The zero-order valence-corrected chi connectivity index (χ0v) is 11.1. The smallest absolute Gasteiger partial charge is 0.314 e. The number of methoxy groups -OCH3 is 1. The van der Waals surface area contributed by atoms with E-state index < -0.39 is 0 Å². The molecule has 2 N–H and O–H groups in total. The lowest BCUT2D eigenvalue weighted by atomic mass is 10.3. The molecule has 19 heavy (non-hydrogen) atoms. The number of rotatable bonds is 5. The van der Waals surface area contributed by atoms with Gasteiger partial charge in [0.05, 0.1) is 30.0 Å². The van der Waals surface area contributed by atoms with Gasteiger partial charge in [-0.2, -0.15) is 0 Å². The SMILES string of the molecule is CNC(=O)NC(COC)Cn1cnc2ccccc21. The summed E-state index contributed by atoms with van der Waals surface area (Å²) in [6.45, 7) is 1.06. The first-order valence-corrected chi connectivity index (χ1v) is 6.11. The van der Waals surface area contributed by atoms with E-state index in [9.17, 15) is 4.79 Å². The summed E-state index contributed by atoms with van der Waals surface area (Å²) in [5.74, 6) is 0. The number of para-hydroxylation sites is 2. The molecule has 1 atom stereocenters. The Bertz CT molecular complexity index is 552. The summed E-state index contributed by atoms with van der Waals surface area (Å²) in [5.41, 5.74) is 1.99. The predicted molar refractivity (Wildman–Crippen MR) is 73.0 cm³/mol. The van der Waals surface area contributed by atoms with Gasteiger partial charge in [0, 0.05) is 20.7 Å². The quantitative estimate of drug-likeness (QED) is 0.844. The van der Waals surface area contributed by atoms with Gasteiger partial charge in [0.2, 0.25) is 0 Å². The number of nitrogens with zero attached hydrogens (tertiary/aromatic N) is 2. The number of amides is 2. The van der Waals surface area contributed by atoms with Crippen molar-refractivity contribution in [1.29, 1.82) is 0 Å². The third-order valence-corrected chi connectivity index (χ3v) is 2.87. The molecule has 0 fully saturated rings. The van der Waals surface area contributed by atoms with E-state index in [1.54, 1.807) is 20.5 Å². The monoisotopic (exact) mass is 262 g/mol. The van der Waals surface area contributed by atoms with Crippen LogP contribution >= 0.6 is 0 Å². The maximum Gasteiger partial charge on any atom is 0.314 e. The number of benzene rings is 1. The second-order valence-corrected chi connectivity index (χ2v) is 4.26.